The van der Waals surface area contributed by atoms with Crippen LogP contribution in [0.2, 0.25) is 0 Å². The van der Waals surface area contributed by atoms with Gasteiger partial charge < -0.3 is 16.5 Å². The summed E-state index contributed by atoms with van der Waals surface area (Å²) < 4.78 is 29.1. The Morgan fingerprint density at radius 2 is 2.00 bits per heavy atom. The van der Waals surface area contributed by atoms with E-state index >= 15 is 0 Å². The first kappa shape index (κ1) is 17.5. The van der Waals surface area contributed by atoms with E-state index in [-0.39, 0.29) is 22.6 Å². The lowest BCUT2D eigenvalue weighted by Crippen LogP contribution is -2.08. The van der Waals surface area contributed by atoms with Gasteiger partial charge in [-0.25, -0.2) is 13.8 Å². The van der Waals surface area contributed by atoms with Crippen molar-refractivity contribution in [1.82, 2.24) is 9.97 Å². The van der Waals surface area contributed by atoms with Gasteiger partial charge in [0.15, 0.2) is 5.82 Å². The zero-order valence-corrected chi connectivity index (χ0v) is 13.8. The number of benzene rings is 1. The van der Waals surface area contributed by atoms with Crippen LogP contribution < -0.4 is 11.1 Å². The van der Waals surface area contributed by atoms with E-state index in [0.29, 0.717) is 18.5 Å². The van der Waals surface area contributed by atoms with Gasteiger partial charge in [-0.15, -0.1) is 0 Å². The zero-order valence-electron chi connectivity index (χ0n) is 13.8. The van der Waals surface area contributed by atoms with Crippen LogP contribution in [0.5, 0.6) is 0 Å². The van der Waals surface area contributed by atoms with E-state index < -0.39 is 11.6 Å². The number of rotatable bonds is 6. The van der Waals surface area contributed by atoms with Crippen LogP contribution in [-0.2, 0) is 6.42 Å². The standard InChI is InChI=1S/C19H17F2N5/c20-15-4-5-16(25-8-6-14-3-1-2-7-24-14)18(21)17(15)13-9-12(10-22)19(23)26-11-13/h1-5,7,9-11,22,25H,6,8H2,(H2,23,26). The van der Waals surface area contributed by atoms with Gasteiger partial charge in [0, 0.05) is 48.4 Å². The first-order chi connectivity index (χ1) is 12.6. The molecule has 3 rings (SSSR count). The zero-order chi connectivity index (χ0) is 18.5. The van der Waals surface area contributed by atoms with Crippen molar-refractivity contribution in [3.63, 3.8) is 0 Å². The Kier molecular flexibility index (Phi) is 5.17. The summed E-state index contributed by atoms with van der Waals surface area (Å²) in [5.74, 6) is -1.29. The fourth-order valence-electron chi connectivity index (χ4n) is 2.57. The van der Waals surface area contributed by atoms with Gasteiger partial charge in [-0.3, -0.25) is 4.98 Å². The summed E-state index contributed by atoms with van der Waals surface area (Å²) in [5.41, 5.74) is 7.02. The smallest absolute Gasteiger partial charge is 0.157 e. The molecule has 2 aromatic heterocycles. The molecule has 1 aromatic carbocycles. The predicted octanol–water partition coefficient (Wildman–Crippen LogP) is 3.66. The summed E-state index contributed by atoms with van der Waals surface area (Å²) in [6, 6.07) is 9.58. The molecule has 0 aliphatic rings. The van der Waals surface area contributed by atoms with E-state index in [1.54, 1.807) is 6.20 Å². The molecule has 0 saturated carbocycles. The van der Waals surface area contributed by atoms with Gasteiger partial charge in [0.2, 0.25) is 0 Å². The average molecular weight is 353 g/mol. The van der Waals surface area contributed by atoms with E-state index in [0.717, 1.165) is 11.9 Å². The van der Waals surface area contributed by atoms with Crippen molar-refractivity contribution >= 4 is 17.7 Å². The highest BCUT2D eigenvalue weighted by Crippen LogP contribution is 2.31. The number of hydrogen-bond donors (Lipinski definition) is 3. The van der Waals surface area contributed by atoms with E-state index in [4.69, 9.17) is 11.1 Å². The van der Waals surface area contributed by atoms with Crippen LogP contribution in [0.25, 0.3) is 11.1 Å². The maximum absolute atomic E-state index is 14.8. The molecule has 132 valence electrons. The second-order valence-electron chi connectivity index (χ2n) is 5.62. The van der Waals surface area contributed by atoms with Crippen molar-refractivity contribution < 1.29 is 8.78 Å². The number of aromatic nitrogens is 2. The number of halogens is 2. The number of nitrogen functional groups attached to an aromatic ring is 1. The Balaban J connectivity index is 1.85. The third-order valence-electron chi connectivity index (χ3n) is 3.91. The number of nitrogens with two attached hydrogens (primary N) is 1. The van der Waals surface area contributed by atoms with Gasteiger partial charge in [-0.05, 0) is 30.3 Å². The Morgan fingerprint density at radius 1 is 1.15 bits per heavy atom. The van der Waals surface area contributed by atoms with Gasteiger partial charge in [-0.2, -0.15) is 0 Å². The van der Waals surface area contributed by atoms with Crippen LogP contribution in [-0.4, -0.2) is 22.7 Å². The fraction of sp³-hybridized carbons (Fsp3) is 0.105. The van der Waals surface area contributed by atoms with Gasteiger partial charge in [-0.1, -0.05) is 6.07 Å². The monoisotopic (exact) mass is 353 g/mol. The summed E-state index contributed by atoms with van der Waals surface area (Å²) in [6.07, 6.45) is 4.59. The maximum Gasteiger partial charge on any atom is 0.157 e. The summed E-state index contributed by atoms with van der Waals surface area (Å²) >= 11 is 0. The van der Waals surface area contributed by atoms with Gasteiger partial charge >= 0.3 is 0 Å². The molecule has 0 amide bonds. The van der Waals surface area contributed by atoms with Crippen molar-refractivity contribution in [3.05, 3.63) is 71.7 Å². The number of pyridine rings is 2. The van der Waals surface area contributed by atoms with Gasteiger partial charge in [0.05, 0.1) is 11.3 Å². The molecule has 0 spiro atoms. The third-order valence-corrected chi connectivity index (χ3v) is 3.91. The molecule has 0 atom stereocenters. The minimum absolute atomic E-state index is 0.134. The molecule has 5 nitrogen and oxygen atoms in total. The SMILES string of the molecule is N=Cc1cc(-c2c(F)ccc(NCCc3ccccn3)c2F)cnc1N. The molecular weight excluding hydrogens is 336 g/mol. The van der Waals surface area contributed by atoms with Crippen molar-refractivity contribution in [3.8, 4) is 11.1 Å². The Hall–Kier alpha value is -3.35. The molecule has 0 aliphatic carbocycles. The van der Waals surface area contributed by atoms with E-state index in [1.807, 2.05) is 18.2 Å². The Morgan fingerprint density at radius 3 is 2.73 bits per heavy atom. The highest BCUT2D eigenvalue weighted by Gasteiger charge is 2.17. The summed E-state index contributed by atoms with van der Waals surface area (Å²) in [6.45, 7) is 0.449. The molecule has 0 bridgehead atoms. The molecule has 3 aromatic rings. The maximum atomic E-state index is 14.8. The highest BCUT2D eigenvalue weighted by molar-refractivity contribution is 5.86. The molecule has 0 aliphatic heterocycles. The molecule has 0 unspecified atom stereocenters. The number of anilines is 2. The predicted molar refractivity (Wildman–Crippen MR) is 98.3 cm³/mol. The Bertz CT molecular complexity index is 929. The van der Waals surface area contributed by atoms with Gasteiger partial charge in [0.1, 0.15) is 11.6 Å². The van der Waals surface area contributed by atoms with Gasteiger partial charge in [0.25, 0.3) is 0 Å². The number of nitrogens with zero attached hydrogens (tertiary/aromatic N) is 2. The second-order valence-corrected chi connectivity index (χ2v) is 5.62. The number of nitrogens with one attached hydrogen (secondary N) is 2. The van der Waals surface area contributed by atoms with Crippen LogP contribution in [0.1, 0.15) is 11.3 Å². The average Bonchev–Trinajstić information content (AvgIpc) is 2.66. The molecule has 7 heteroatoms. The van der Waals surface area contributed by atoms with E-state index in [2.05, 4.69) is 15.3 Å². The molecule has 0 saturated heterocycles. The lowest BCUT2D eigenvalue weighted by atomic mass is 10.0. The largest absolute Gasteiger partial charge is 0.383 e. The molecule has 2 heterocycles. The fourth-order valence-corrected chi connectivity index (χ4v) is 2.57. The Labute approximate surface area is 149 Å². The van der Waals surface area contributed by atoms with E-state index in [9.17, 15) is 8.78 Å². The first-order valence-electron chi connectivity index (χ1n) is 7.98. The number of hydrogen-bond acceptors (Lipinski definition) is 5. The van der Waals surface area contributed by atoms with Crippen molar-refractivity contribution in [2.75, 3.05) is 17.6 Å². The van der Waals surface area contributed by atoms with Crippen LogP contribution in [0.3, 0.4) is 0 Å². The molecular formula is C19H17F2N5. The van der Waals surface area contributed by atoms with E-state index in [1.165, 1.54) is 24.4 Å². The lowest BCUT2D eigenvalue weighted by molar-refractivity contribution is 0.591. The molecule has 0 fully saturated rings. The lowest BCUT2D eigenvalue weighted by Gasteiger charge is -2.12. The quantitative estimate of drug-likeness (QED) is 0.590. The van der Waals surface area contributed by atoms with Crippen molar-refractivity contribution in [2.24, 2.45) is 0 Å². The third kappa shape index (κ3) is 3.66. The van der Waals surface area contributed by atoms with Crippen LogP contribution in [0.15, 0.2) is 48.8 Å². The molecule has 4 N–H and O–H groups in total. The highest BCUT2D eigenvalue weighted by atomic mass is 19.1. The van der Waals surface area contributed by atoms with Crippen molar-refractivity contribution in [2.45, 2.75) is 6.42 Å². The topological polar surface area (TPSA) is 87.7 Å². The van der Waals surface area contributed by atoms with Crippen molar-refractivity contribution in [1.29, 1.82) is 5.41 Å². The summed E-state index contributed by atoms with van der Waals surface area (Å²) in [4.78, 5) is 8.11. The van der Waals surface area contributed by atoms with Crippen LogP contribution in [0.4, 0.5) is 20.3 Å². The van der Waals surface area contributed by atoms with Crippen LogP contribution >= 0.6 is 0 Å². The molecule has 0 radical (unpaired) electrons. The normalized spacial score (nSPS) is 10.5. The minimum atomic E-state index is -0.714. The first-order valence-corrected chi connectivity index (χ1v) is 7.98. The minimum Gasteiger partial charge on any atom is -0.383 e. The second kappa shape index (κ2) is 7.69. The summed E-state index contributed by atoms with van der Waals surface area (Å²) in [5, 5.41) is 10.3. The molecule has 26 heavy (non-hydrogen) atoms. The summed E-state index contributed by atoms with van der Waals surface area (Å²) in [7, 11) is 0. The van der Waals surface area contributed by atoms with Crippen LogP contribution in [0, 0.1) is 17.0 Å².